The number of hydrogen-bond acceptors (Lipinski definition) is 3. The van der Waals surface area contributed by atoms with E-state index in [0.29, 0.717) is 23.0 Å². The van der Waals surface area contributed by atoms with E-state index in [1.807, 2.05) is 12.4 Å². The molecule has 1 N–H and O–H groups in total. The number of rotatable bonds is 3. The van der Waals surface area contributed by atoms with Crippen LogP contribution in [0, 0.1) is 5.92 Å². The molecule has 0 saturated carbocycles. The highest BCUT2D eigenvalue weighted by Crippen LogP contribution is 2.19. The Hall–Kier alpha value is -1.88. The van der Waals surface area contributed by atoms with Crippen LogP contribution in [-0.4, -0.2) is 27.0 Å². The first-order valence-electron chi connectivity index (χ1n) is 6.62. The van der Waals surface area contributed by atoms with Crippen molar-refractivity contribution >= 4 is 17.5 Å². The Balaban J connectivity index is 1.58. The molecule has 5 nitrogen and oxygen atoms in total. The van der Waals surface area contributed by atoms with E-state index in [4.69, 9.17) is 11.6 Å². The highest BCUT2D eigenvalue weighted by Gasteiger charge is 2.20. The monoisotopic (exact) mass is 290 g/mol. The van der Waals surface area contributed by atoms with E-state index >= 15 is 0 Å². The molecule has 2 aromatic heterocycles. The van der Waals surface area contributed by atoms with E-state index < -0.39 is 0 Å². The first kappa shape index (κ1) is 13.1. The lowest BCUT2D eigenvalue weighted by molar-refractivity contribution is 0.0944. The summed E-state index contributed by atoms with van der Waals surface area (Å²) in [5, 5.41) is 3.32. The molecular weight excluding hydrogens is 276 g/mol. The van der Waals surface area contributed by atoms with Crippen molar-refractivity contribution in [2.24, 2.45) is 5.92 Å². The second-order valence-corrected chi connectivity index (χ2v) is 5.37. The number of carbonyl (C=O) groups is 1. The van der Waals surface area contributed by atoms with Gasteiger partial charge in [0, 0.05) is 44.3 Å². The third-order valence-corrected chi connectivity index (χ3v) is 3.92. The highest BCUT2D eigenvalue weighted by molar-refractivity contribution is 6.33. The number of carbonyl (C=O) groups excluding carboxylic acids is 1. The summed E-state index contributed by atoms with van der Waals surface area (Å²) in [5.74, 6) is 1.37. The molecule has 0 spiro atoms. The fraction of sp³-hybridized carbons (Fsp3) is 0.357. The minimum absolute atomic E-state index is 0.147. The van der Waals surface area contributed by atoms with E-state index in [0.717, 1.165) is 25.2 Å². The van der Waals surface area contributed by atoms with Gasteiger partial charge in [-0.2, -0.15) is 0 Å². The number of hydrogen-bond donors (Lipinski definition) is 1. The van der Waals surface area contributed by atoms with Crippen LogP contribution in [0.2, 0.25) is 5.02 Å². The Labute approximate surface area is 122 Å². The fourth-order valence-corrected chi connectivity index (χ4v) is 2.69. The molecule has 3 heterocycles. The molecule has 0 radical (unpaired) electrons. The van der Waals surface area contributed by atoms with Crippen LogP contribution in [0.3, 0.4) is 0 Å². The van der Waals surface area contributed by atoms with Crippen molar-refractivity contribution in [1.82, 2.24) is 19.9 Å². The molecule has 0 aromatic carbocycles. The molecule has 0 unspecified atom stereocenters. The number of fused-ring (bicyclic) bond motifs is 1. The normalized spacial score (nSPS) is 17.6. The summed E-state index contributed by atoms with van der Waals surface area (Å²) in [6.07, 6.45) is 8.82. The molecule has 3 rings (SSSR count). The summed E-state index contributed by atoms with van der Waals surface area (Å²) < 4.78 is 2.16. The lowest BCUT2D eigenvalue weighted by Crippen LogP contribution is -2.33. The van der Waals surface area contributed by atoms with Crippen LogP contribution in [0.25, 0.3) is 0 Å². The quantitative estimate of drug-likeness (QED) is 0.939. The molecule has 0 bridgehead atoms. The zero-order chi connectivity index (χ0) is 13.9. The van der Waals surface area contributed by atoms with Crippen LogP contribution in [0.5, 0.6) is 0 Å². The Bertz CT molecular complexity index is 625. The molecule has 20 heavy (non-hydrogen) atoms. The smallest absolute Gasteiger partial charge is 0.252 e. The maximum atomic E-state index is 12.1. The zero-order valence-electron chi connectivity index (χ0n) is 10.9. The molecule has 0 saturated heterocycles. The lowest BCUT2D eigenvalue weighted by Gasteiger charge is -2.23. The Morgan fingerprint density at radius 2 is 2.40 bits per heavy atom. The van der Waals surface area contributed by atoms with Gasteiger partial charge in [0.05, 0.1) is 10.6 Å². The molecule has 2 aromatic rings. The van der Waals surface area contributed by atoms with Gasteiger partial charge < -0.3 is 9.88 Å². The van der Waals surface area contributed by atoms with Crippen molar-refractivity contribution in [3.63, 3.8) is 0 Å². The summed E-state index contributed by atoms with van der Waals surface area (Å²) in [7, 11) is 0. The summed E-state index contributed by atoms with van der Waals surface area (Å²) in [6.45, 7) is 1.61. The molecule has 1 aliphatic rings. The summed E-state index contributed by atoms with van der Waals surface area (Å²) in [6, 6.07) is 1.63. The number of pyridine rings is 1. The Kier molecular flexibility index (Phi) is 3.69. The zero-order valence-corrected chi connectivity index (χ0v) is 11.7. The van der Waals surface area contributed by atoms with Gasteiger partial charge in [-0.15, -0.1) is 0 Å². The number of nitrogens with zero attached hydrogens (tertiary/aromatic N) is 3. The Morgan fingerprint density at radius 3 is 3.25 bits per heavy atom. The van der Waals surface area contributed by atoms with Gasteiger partial charge in [0.15, 0.2) is 0 Å². The van der Waals surface area contributed by atoms with E-state index in [9.17, 15) is 4.79 Å². The van der Waals surface area contributed by atoms with Crippen LogP contribution in [0.1, 0.15) is 22.6 Å². The third kappa shape index (κ3) is 2.67. The van der Waals surface area contributed by atoms with E-state index in [-0.39, 0.29) is 5.91 Å². The van der Waals surface area contributed by atoms with Crippen molar-refractivity contribution in [2.75, 3.05) is 6.54 Å². The van der Waals surface area contributed by atoms with Crippen molar-refractivity contribution in [3.8, 4) is 0 Å². The standard InChI is InChI=1S/C14H15ClN4O/c15-12-9-16-3-1-11(12)14(20)18-8-10-2-5-19-6-4-17-13(19)7-10/h1,3-4,6,9-10H,2,5,7-8H2,(H,18,20)/t10-/m0/s1. The van der Waals surface area contributed by atoms with Gasteiger partial charge in [0.2, 0.25) is 0 Å². The largest absolute Gasteiger partial charge is 0.352 e. The van der Waals surface area contributed by atoms with Gasteiger partial charge >= 0.3 is 0 Å². The number of aromatic nitrogens is 3. The predicted molar refractivity (Wildman–Crippen MR) is 75.6 cm³/mol. The number of nitrogens with one attached hydrogen (secondary N) is 1. The molecule has 0 fully saturated rings. The number of halogens is 1. The predicted octanol–water partition coefficient (Wildman–Crippen LogP) is 1.92. The topological polar surface area (TPSA) is 59.8 Å². The molecule has 1 amide bonds. The van der Waals surface area contributed by atoms with Gasteiger partial charge in [0.1, 0.15) is 5.82 Å². The summed E-state index contributed by atoms with van der Waals surface area (Å²) in [4.78, 5) is 20.3. The van der Waals surface area contributed by atoms with Crippen LogP contribution >= 0.6 is 11.6 Å². The van der Waals surface area contributed by atoms with E-state index in [1.54, 1.807) is 12.3 Å². The first-order valence-corrected chi connectivity index (χ1v) is 6.99. The second kappa shape index (κ2) is 5.63. The highest BCUT2D eigenvalue weighted by atomic mass is 35.5. The average Bonchev–Trinajstić information content (AvgIpc) is 2.92. The van der Waals surface area contributed by atoms with Crippen LogP contribution in [-0.2, 0) is 13.0 Å². The molecule has 6 heteroatoms. The summed E-state index contributed by atoms with van der Waals surface area (Å²) >= 11 is 5.96. The van der Waals surface area contributed by atoms with Gasteiger partial charge in [-0.1, -0.05) is 11.6 Å². The average molecular weight is 291 g/mol. The molecule has 104 valence electrons. The van der Waals surface area contributed by atoms with Crippen molar-refractivity contribution in [1.29, 1.82) is 0 Å². The van der Waals surface area contributed by atoms with Gasteiger partial charge in [-0.25, -0.2) is 4.98 Å². The van der Waals surface area contributed by atoms with Crippen LogP contribution in [0.15, 0.2) is 30.9 Å². The maximum absolute atomic E-state index is 12.1. The maximum Gasteiger partial charge on any atom is 0.252 e. The fourth-order valence-electron chi connectivity index (χ4n) is 2.48. The lowest BCUT2D eigenvalue weighted by atomic mass is 9.98. The minimum atomic E-state index is -0.147. The van der Waals surface area contributed by atoms with Gasteiger partial charge in [-0.05, 0) is 18.4 Å². The van der Waals surface area contributed by atoms with Crippen molar-refractivity contribution < 1.29 is 4.79 Å². The third-order valence-electron chi connectivity index (χ3n) is 3.62. The molecular formula is C14H15ClN4O. The van der Waals surface area contributed by atoms with Crippen molar-refractivity contribution in [3.05, 3.63) is 47.3 Å². The van der Waals surface area contributed by atoms with Gasteiger partial charge in [-0.3, -0.25) is 9.78 Å². The van der Waals surface area contributed by atoms with Gasteiger partial charge in [0.25, 0.3) is 5.91 Å². The van der Waals surface area contributed by atoms with Crippen LogP contribution < -0.4 is 5.32 Å². The molecule has 1 aliphatic heterocycles. The first-order chi connectivity index (χ1) is 9.74. The number of imidazole rings is 1. The van der Waals surface area contributed by atoms with Crippen molar-refractivity contribution in [2.45, 2.75) is 19.4 Å². The second-order valence-electron chi connectivity index (χ2n) is 4.96. The van der Waals surface area contributed by atoms with Crippen LogP contribution in [0.4, 0.5) is 0 Å². The molecule has 0 aliphatic carbocycles. The SMILES string of the molecule is O=C(NC[C@H]1CCn2ccnc2C1)c1ccncc1Cl. The Morgan fingerprint density at radius 1 is 1.50 bits per heavy atom. The summed E-state index contributed by atoms with van der Waals surface area (Å²) in [5.41, 5.74) is 0.471. The van der Waals surface area contributed by atoms with E-state index in [2.05, 4.69) is 19.9 Å². The number of aryl methyl sites for hydroxylation is 1. The van der Waals surface area contributed by atoms with E-state index in [1.165, 1.54) is 6.20 Å². The minimum Gasteiger partial charge on any atom is -0.352 e. The number of amides is 1. The molecule has 1 atom stereocenters.